The lowest BCUT2D eigenvalue weighted by atomic mass is 9.86. The molecule has 136 valence electrons. The molecule has 5 heteroatoms. The summed E-state index contributed by atoms with van der Waals surface area (Å²) in [5.74, 6) is 0.785. The Hall–Kier alpha value is -2.53. The van der Waals surface area contributed by atoms with E-state index in [1.54, 1.807) is 7.11 Å². The Morgan fingerprint density at radius 1 is 1.12 bits per heavy atom. The lowest BCUT2D eigenvalue weighted by molar-refractivity contribution is -0.137. The molecule has 2 aromatic carbocycles. The first-order valence-corrected chi connectivity index (χ1v) is 8.92. The number of amides is 1. The second-order valence-corrected chi connectivity index (χ2v) is 7.75. The van der Waals surface area contributed by atoms with Crippen molar-refractivity contribution in [2.45, 2.75) is 43.9 Å². The molecule has 2 aromatic rings. The standard InChI is InChI=1S/C21H24N2O3/c1-20(2)14-21(19(24)22-20)13-18(15-9-11-17(25-3)12-10-15)23(26-21)16-7-5-4-6-8-16/h4-12,18H,13-14H2,1-3H3,(H,22,24)/t18-,21-/m0/s1. The minimum absolute atomic E-state index is 0.0283. The Labute approximate surface area is 153 Å². The van der Waals surface area contributed by atoms with Crippen LogP contribution in [0, 0.1) is 0 Å². The number of hydrogen-bond donors (Lipinski definition) is 1. The molecule has 2 atom stereocenters. The number of methoxy groups -OCH3 is 1. The number of hydroxylamine groups is 1. The van der Waals surface area contributed by atoms with Crippen molar-refractivity contribution in [3.05, 3.63) is 60.2 Å². The first kappa shape index (κ1) is 16.9. The second-order valence-electron chi connectivity index (χ2n) is 7.75. The van der Waals surface area contributed by atoms with E-state index in [1.165, 1.54) is 0 Å². The number of ether oxygens (including phenoxy) is 1. The number of carbonyl (C=O) groups excluding carboxylic acids is 1. The van der Waals surface area contributed by atoms with Crippen LogP contribution in [-0.2, 0) is 9.63 Å². The van der Waals surface area contributed by atoms with Crippen LogP contribution in [0.3, 0.4) is 0 Å². The molecule has 1 N–H and O–H groups in total. The summed E-state index contributed by atoms with van der Waals surface area (Å²) in [6, 6.07) is 17.9. The molecule has 0 bridgehead atoms. The maximum atomic E-state index is 12.8. The van der Waals surface area contributed by atoms with E-state index in [-0.39, 0.29) is 17.5 Å². The van der Waals surface area contributed by atoms with Crippen molar-refractivity contribution in [1.29, 1.82) is 0 Å². The zero-order valence-corrected chi connectivity index (χ0v) is 15.4. The summed E-state index contributed by atoms with van der Waals surface area (Å²) in [5, 5.41) is 4.97. The Morgan fingerprint density at radius 3 is 2.38 bits per heavy atom. The van der Waals surface area contributed by atoms with E-state index in [0.717, 1.165) is 17.0 Å². The molecular weight excluding hydrogens is 328 g/mol. The van der Waals surface area contributed by atoms with E-state index >= 15 is 0 Å². The first-order valence-electron chi connectivity index (χ1n) is 8.92. The van der Waals surface area contributed by atoms with Crippen molar-refractivity contribution in [3.63, 3.8) is 0 Å². The van der Waals surface area contributed by atoms with Crippen molar-refractivity contribution >= 4 is 11.6 Å². The second kappa shape index (κ2) is 6.02. The smallest absolute Gasteiger partial charge is 0.255 e. The fourth-order valence-corrected chi connectivity index (χ4v) is 4.07. The van der Waals surface area contributed by atoms with E-state index in [4.69, 9.17) is 9.57 Å². The van der Waals surface area contributed by atoms with Gasteiger partial charge in [-0.05, 0) is 43.7 Å². The van der Waals surface area contributed by atoms with E-state index < -0.39 is 5.60 Å². The molecule has 5 nitrogen and oxygen atoms in total. The van der Waals surface area contributed by atoms with Gasteiger partial charge in [-0.25, -0.2) is 5.06 Å². The number of hydrogen-bond acceptors (Lipinski definition) is 4. The number of rotatable bonds is 3. The molecule has 0 radical (unpaired) electrons. The summed E-state index contributed by atoms with van der Waals surface area (Å²) < 4.78 is 5.27. The summed E-state index contributed by atoms with van der Waals surface area (Å²) in [5.41, 5.74) is 0.949. The summed E-state index contributed by atoms with van der Waals surface area (Å²) in [6.45, 7) is 4.08. The first-order chi connectivity index (χ1) is 12.4. The maximum Gasteiger partial charge on any atom is 0.255 e. The third-order valence-electron chi connectivity index (χ3n) is 5.18. The SMILES string of the molecule is COc1ccc([C@@H]2C[C@@]3(CC(C)(C)NC3=O)ON2c2ccccc2)cc1. The van der Waals surface area contributed by atoms with Crippen molar-refractivity contribution < 1.29 is 14.4 Å². The molecule has 4 rings (SSSR count). The molecule has 1 amide bonds. The van der Waals surface area contributed by atoms with Gasteiger partial charge in [0.25, 0.3) is 5.91 Å². The van der Waals surface area contributed by atoms with Crippen molar-refractivity contribution in [2.75, 3.05) is 12.2 Å². The predicted octanol–water partition coefficient (Wildman–Crippen LogP) is 3.62. The van der Waals surface area contributed by atoms with Gasteiger partial charge >= 0.3 is 0 Å². The van der Waals surface area contributed by atoms with Gasteiger partial charge in [0.15, 0.2) is 5.60 Å². The highest BCUT2D eigenvalue weighted by molar-refractivity contribution is 5.89. The van der Waals surface area contributed by atoms with Gasteiger partial charge in [0.2, 0.25) is 0 Å². The third kappa shape index (κ3) is 2.82. The van der Waals surface area contributed by atoms with Gasteiger partial charge in [-0.2, -0.15) is 0 Å². The molecule has 0 unspecified atom stereocenters. The molecule has 0 aliphatic carbocycles. The Balaban J connectivity index is 1.73. The van der Waals surface area contributed by atoms with Crippen LogP contribution in [-0.4, -0.2) is 24.2 Å². The lowest BCUT2D eigenvalue weighted by Gasteiger charge is -2.26. The number of benzene rings is 2. The highest BCUT2D eigenvalue weighted by Crippen LogP contribution is 2.49. The van der Waals surface area contributed by atoms with Gasteiger partial charge in [0.1, 0.15) is 5.75 Å². The van der Waals surface area contributed by atoms with Crippen LogP contribution in [0.4, 0.5) is 5.69 Å². The third-order valence-corrected chi connectivity index (χ3v) is 5.18. The van der Waals surface area contributed by atoms with Crippen LogP contribution in [0.2, 0.25) is 0 Å². The van der Waals surface area contributed by atoms with E-state index in [1.807, 2.05) is 73.5 Å². The average molecular weight is 352 g/mol. The molecule has 2 aliphatic heterocycles. The quantitative estimate of drug-likeness (QED) is 0.917. The van der Waals surface area contributed by atoms with Crippen molar-refractivity contribution in [3.8, 4) is 5.75 Å². The molecular formula is C21H24N2O3. The van der Waals surface area contributed by atoms with Gasteiger partial charge in [-0.3, -0.25) is 9.63 Å². The van der Waals surface area contributed by atoms with Gasteiger partial charge in [-0.15, -0.1) is 0 Å². The molecule has 2 fully saturated rings. The molecule has 2 heterocycles. The normalized spacial score (nSPS) is 27.0. The zero-order valence-electron chi connectivity index (χ0n) is 15.4. The van der Waals surface area contributed by atoms with Crippen LogP contribution < -0.4 is 15.1 Å². The van der Waals surface area contributed by atoms with Gasteiger partial charge in [0, 0.05) is 18.4 Å². The maximum absolute atomic E-state index is 12.8. The molecule has 0 aromatic heterocycles. The van der Waals surface area contributed by atoms with Crippen LogP contribution in [0.5, 0.6) is 5.75 Å². The van der Waals surface area contributed by atoms with Crippen LogP contribution in [0.1, 0.15) is 38.3 Å². The predicted molar refractivity (Wildman–Crippen MR) is 99.9 cm³/mol. The molecule has 2 saturated heterocycles. The van der Waals surface area contributed by atoms with Gasteiger partial charge < -0.3 is 10.1 Å². The number of nitrogens with one attached hydrogen (secondary N) is 1. The highest BCUT2D eigenvalue weighted by Gasteiger charge is 2.59. The number of nitrogens with zero attached hydrogens (tertiary/aromatic N) is 1. The van der Waals surface area contributed by atoms with Gasteiger partial charge in [-0.1, -0.05) is 30.3 Å². The minimum Gasteiger partial charge on any atom is -0.497 e. The van der Waals surface area contributed by atoms with Crippen LogP contribution in [0.25, 0.3) is 0 Å². The fourth-order valence-electron chi connectivity index (χ4n) is 4.07. The summed E-state index contributed by atoms with van der Waals surface area (Å²) >= 11 is 0. The summed E-state index contributed by atoms with van der Waals surface area (Å²) in [6.07, 6.45) is 1.26. The van der Waals surface area contributed by atoms with Crippen molar-refractivity contribution in [1.82, 2.24) is 5.32 Å². The van der Waals surface area contributed by atoms with E-state index in [0.29, 0.717) is 12.8 Å². The van der Waals surface area contributed by atoms with Crippen LogP contribution in [0.15, 0.2) is 54.6 Å². The van der Waals surface area contributed by atoms with Gasteiger partial charge in [0.05, 0.1) is 18.8 Å². The topological polar surface area (TPSA) is 50.8 Å². The Kier molecular flexibility index (Phi) is 3.92. The number of para-hydroxylation sites is 1. The lowest BCUT2D eigenvalue weighted by Crippen LogP contribution is -2.39. The molecule has 1 spiro atoms. The average Bonchev–Trinajstić information content (AvgIpc) is 3.12. The zero-order chi connectivity index (χ0) is 18.4. The Bertz CT molecular complexity index is 804. The highest BCUT2D eigenvalue weighted by atomic mass is 16.7. The largest absolute Gasteiger partial charge is 0.497 e. The Morgan fingerprint density at radius 2 is 1.81 bits per heavy atom. The minimum atomic E-state index is -0.829. The van der Waals surface area contributed by atoms with Crippen molar-refractivity contribution in [2.24, 2.45) is 0 Å². The number of carbonyl (C=O) groups is 1. The molecule has 0 saturated carbocycles. The number of anilines is 1. The molecule has 2 aliphatic rings. The summed E-state index contributed by atoms with van der Waals surface area (Å²) in [4.78, 5) is 19.1. The summed E-state index contributed by atoms with van der Waals surface area (Å²) in [7, 11) is 1.66. The van der Waals surface area contributed by atoms with E-state index in [2.05, 4.69) is 5.32 Å². The fraction of sp³-hybridized carbons (Fsp3) is 0.381. The monoisotopic (exact) mass is 352 g/mol. The molecule has 26 heavy (non-hydrogen) atoms. The van der Waals surface area contributed by atoms with Crippen LogP contribution >= 0.6 is 0 Å². The van der Waals surface area contributed by atoms with E-state index in [9.17, 15) is 4.79 Å².